The van der Waals surface area contributed by atoms with Gasteiger partial charge in [-0.1, -0.05) is 19.3 Å². The van der Waals surface area contributed by atoms with Crippen LogP contribution in [0, 0.1) is 5.41 Å². The van der Waals surface area contributed by atoms with Gasteiger partial charge in [-0.05, 0) is 65.6 Å². The van der Waals surface area contributed by atoms with E-state index < -0.39 is 0 Å². The molecule has 3 nitrogen and oxygen atoms in total. The van der Waals surface area contributed by atoms with Crippen LogP contribution in [0.3, 0.4) is 0 Å². The van der Waals surface area contributed by atoms with Gasteiger partial charge in [-0.15, -0.1) is 0 Å². The standard InChI is InChI=1S/C18H37N3/c1-17(2,3)19-15-18(9-6-5-7-10-18)16-21-12-8-11-20(4)13-14-21/h19H,5-16H2,1-4H3. The van der Waals surface area contributed by atoms with Crippen molar-refractivity contribution in [3.63, 3.8) is 0 Å². The lowest BCUT2D eigenvalue weighted by atomic mass is 9.73. The van der Waals surface area contributed by atoms with Crippen molar-refractivity contribution < 1.29 is 0 Å². The van der Waals surface area contributed by atoms with E-state index in [9.17, 15) is 0 Å². The van der Waals surface area contributed by atoms with Crippen molar-refractivity contribution >= 4 is 0 Å². The Balaban J connectivity index is 1.95. The highest BCUT2D eigenvalue weighted by atomic mass is 15.2. The lowest BCUT2D eigenvalue weighted by Crippen LogP contribution is -2.50. The molecule has 0 aromatic heterocycles. The van der Waals surface area contributed by atoms with Crippen LogP contribution in [0.2, 0.25) is 0 Å². The van der Waals surface area contributed by atoms with Crippen LogP contribution >= 0.6 is 0 Å². The van der Waals surface area contributed by atoms with Crippen LogP contribution in [-0.4, -0.2) is 61.7 Å². The van der Waals surface area contributed by atoms with Crippen molar-refractivity contribution in [2.45, 2.75) is 64.8 Å². The molecule has 1 aliphatic heterocycles. The minimum atomic E-state index is 0.240. The van der Waals surface area contributed by atoms with Crippen molar-refractivity contribution in [3.8, 4) is 0 Å². The Bertz CT molecular complexity index is 302. The van der Waals surface area contributed by atoms with E-state index in [0.29, 0.717) is 5.41 Å². The van der Waals surface area contributed by atoms with Gasteiger partial charge in [0.05, 0.1) is 0 Å². The van der Waals surface area contributed by atoms with E-state index in [2.05, 4.69) is 42.9 Å². The Hall–Kier alpha value is -0.120. The Morgan fingerprint density at radius 3 is 2.29 bits per heavy atom. The Kier molecular flexibility index (Phi) is 6.10. The smallest absolute Gasteiger partial charge is 0.0109 e. The molecule has 0 unspecified atom stereocenters. The van der Waals surface area contributed by atoms with Gasteiger partial charge in [-0.2, -0.15) is 0 Å². The third-order valence-corrected chi connectivity index (χ3v) is 5.28. The number of nitrogens with zero attached hydrogens (tertiary/aromatic N) is 2. The summed E-state index contributed by atoms with van der Waals surface area (Å²) in [5.41, 5.74) is 0.762. The monoisotopic (exact) mass is 295 g/mol. The molecule has 2 rings (SSSR count). The summed E-state index contributed by atoms with van der Waals surface area (Å²) in [6.07, 6.45) is 8.48. The summed E-state index contributed by atoms with van der Waals surface area (Å²) < 4.78 is 0. The molecule has 1 heterocycles. The average molecular weight is 296 g/mol. The predicted octanol–water partition coefficient (Wildman–Crippen LogP) is 2.96. The van der Waals surface area contributed by atoms with Gasteiger partial charge in [-0.25, -0.2) is 0 Å². The second kappa shape index (κ2) is 7.43. The van der Waals surface area contributed by atoms with Crippen LogP contribution in [0.25, 0.3) is 0 Å². The third kappa shape index (κ3) is 5.88. The van der Waals surface area contributed by atoms with Crippen LogP contribution in [0.5, 0.6) is 0 Å². The zero-order valence-electron chi connectivity index (χ0n) is 14.9. The summed E-state index contributed by atoms with van der Waals surface area (Å²) in [6, 6.07) is 0. The third-order valence-electron chi connectivity index (χ3n) is 5.28. The largest absolute Gasteiger partial charge is 0.311 e. The number of hydrogen-bond donors (Lipinski definition) is 1. The number of hydrogen-bond acceptors (Lipinski definition) is 3. The van der Waals surface area contributed by atoms with Crippen LogP contribution in [-0.2, 0) is 0 Å². The second-order valence-corrected chi connectivity index (χ2v) is 8.60. The Morgan fingerprint density at radius 2 is 1.62 bits per heavy atom. The molecule has 0 bridgehead atoms. The minimum absolute atomic E-state index is 0.240. The van der Waals surface area contributed by atoms with Crippen LogP contribution in [0.1, 0.15) is 59.3 Å². The summed E-state index contributed by atoms with van der Waals surface area (Å²) >= 11 is 0. The highest BCUT2D eigenvalue weighted by Gasteiger charge is 2.34. The Morgan fingerprint density at radius 1 is 0.905 bits per heavy atom. The highest BCUT2D eigenvalue weighted by Crippen LogP contribution is 2.37. The molecule has 21 heavy (non-hydrogen) atoms. The molecule has 0 atom stereocenters. The summed E-state index contributed by atoms with van der Waals surface area (Å²) in [5, 5.41) is 3.81. The van der Waals surface area contributed by atoms with Crippen LogP contribution in [0.4, 0.5) is 0 Å². The molecule has 1 aliphatic carbocycles. The highest BCUT2D eigenvalue weighted by molar-refractivity contribution is 4.90. The summed E-state index contributed by atoms with van der Waals surface area (Å²) in [7, 11) is 2.26. The van der Waals surface area contributed by atoms with E-state index in [-0.39, 0.29) is 5.54 Å². The molecule has 1 saturated heterocycles. The fraction of sp³-hybridized carbons (Fsp3) is 1.00. The van der Waals surface area contributed by atoms with Gasteiger partial charge >= 0.3 is 0 Å². The molecule has 1 saturated carbocycles. The SMILES string of the molecule is CN1CCCN(CC2(CNC(C)(C)C)CCCCC2)CC1. The topological polar surface area (TPSA) is 18.5 Å². The normalized spacial score (nSPS) is 25.7. The lowest BCUT2D eigenvalue weighted by molar-refractivity contribution is 0.0970. The van der Waals surface area contributed by atoms with Crippen molar-refractivity contribution in [3.05, 3.63) is 0 Å². The number of nitrogens with one attached hydrogen (secondary N) is 1. The average Bonchev–Trinajstić information content (AvgIpc) is 2.62. The predicted molar refractivity (Wildman–Crippen MR) is 91.8 cm³/mol. The van der Waals surface area contributed by atoms with Crippen LogP contribution < -0.4 is 5.32 Å². The lowest BCUT2D eigenvalue weighted by Gasteiger charge is -2.43. The zero-order valence-corrected chi connectivity index (χ0v) is 14.9. The van der Waals surface area contributed by atoms with Crippen molar-refractivity contribution in [1.29, 1.82) is 0 Å². The molecule has 124 valence electrons. The fourth-order valence-electron chi connectivity index (χ4n) is 3.88. The van der Waals surface area contributed by atoms with E-state index in [1.165, 1.54) is 77.8 Å². The number of rotatable bonds is 4. The molecule has 2 fully saturated rings. The van der Waals surface area contributed by atoms with Gasteiger partial charge in [0.1, 0.15) is 0 Å². The molecule has 0 radical (unpaired) electrons. The molecule has 0 spiro atoms. The van der Waals surface area contributed by atoms with E-state index in [0.717, 1.165) is 0 Å². The molecule has 2 aliphatic rings. The first-order valence-corrected chi connectivity index (χ1v) is 9.05. The van der Waals surface area contributed by atoms with E-state index in [1.54, 1.807) is 0 Å². The van der Waals surface area contributed by atoms with Crippen LogP contribution in [0.15, 0.2) is 0 Å². The summed E-state index contributed by atoms with van der Waals surface area (Å²) in [5.74, 6) is 0. The summed E-state index contributed by atoms with van der Waals surface area (Å²) in [4.78, 5) is 5.24. The quantitative estimate of drug-likeness (QED) is 0.860. The van der Waals surface area contributed by atoms with Gasteiger partial charge < -0.3 is 15.1 Å². The first kappa shape index (κ1) is 17.2. The fourth-order valence-corrected chi connectivity index (χ4v) is 3.88. The maximum absolute atomic E-state index is 3.81. The molecule has 1 N–H and O–H groups in total. The Labute approximate surface area is 132 Å². The van der Waals surface area contributed by atoms with Gasteiger partial charge in [0.25, 0.3) is 0 Å². The molecular formula is C18H37N3. The number of likely N-dealkylation sites (N-methyl/N-ethyl adjacent to an activating group) is 1. The van der Waals surface area contributed by atoms with Gasteiger partial charge in [-0.3, -0.25) is 0 Å². The molecular weight excluding hydrogens is 258 g/mol. The second-order valence-electron chi connectivity index (χ2n) is 8.60. The summed E-state index contributed by atoms with van der Waals surface area (Å²) in [6.45, 7) is 14.5. The van der Waals surface area contributed by atoms with E-state index in [1.807, 2.05) is 0 Å². The molecule has 0 aromatic carbocycles. The van der Waals surface area contributed by atoms with Gasteiger partial charge in [0, 0.05) is 31.7 Å². The molecule has 3 heteroatoms. The molecule has 0 aromatic rings. The van der Waals surface area contributed by atoms with Crippen molar-refractivity contribution in [1.82, 2.24) is 15.1 Å². The van der Waals surface area contributed by atoms with Crippen molar-refractivity contribution in [2.24, 2.45) is 5.41 Å². The first-order valence-electron chi connectivity index (χ1n) is 9.05. The van der Waals surface area contributed by atoms with Gasteiger partial charge in [0.2, 0.25) is 0 Å². The maximum Gasteiger partial charge on any atom is 0.0109 e. The maximum atomic E-state index is 3.81. The van der Waals surface area contributed by atoms with Crippen molar-refractivity contribution in [2.75, 3.05) is 46.3 Å². The minimum Gasteiger partial charge on any atom is -0.311 e. The van der Waals surface area contributed by atoms with E-state index >= 15 is 0 Å². The first-order chi connectivity index (χ1) is 9.89. The van der Waals surface area contributed by atoms with Gasteiger partial charge in [0.15, 0.2) is 0 Å². The zero-order chi connectivity index (χ0) is 15.3. The molecule has 0 amide bonds. The van der Waals surface area contributed by atoms with E-state index in [4.69, 9.17) is 0 Å².